The zero-order valence-electron chi connectivity index (χ0n) is 13.9. The van der Waals surface area contributed by atoms with E-state index in [9.17, 15) is 8.78 Å². The van der Waals surface area contributed by atoms with Gasteiger partial charge in [-0.1, -0.05) is 6.07 Å². The largest absolute Gasteiger partial charge is 0.367 e. The monoisotopic (exact) mass is 340 g/mol. The molecule has 0 saturated carbocycles. The second-order valence-corrected chi connectivity index (χ2v) is 6.20. The van der Waals surface area contributed by atoms with Crippen LogP contribution in [0.4, 0.5) is 20.3 Å². The third kappa shape index (κ3) is 2.88. The second kappa shape index (κ2) is 6.27. The van der Waals surface area contributed by atoms with Crippen molar-refractivity contribution in [3.05, 3.63) is 59.9 Å². The molecule has 6 heteroatoms. The van der Waals surface area contributed by atoms with Crippen LogP contribution in [0.2, 0.25) is 0 Å². The summed E-state index contributed by atoms with van der Waals surface area (Å²) in [6, 6.07) is 10.6. The van der Waals surface area contributed by atoms with E-state index >= 15 is 0 Å². The van der Waals surface area contributed by atoms with Gasteiger partial charge in [-0.15, -0.1) is 0 Å². The molecular weight excluding hydrogens is 322 g/mol. The Morgan fingerprint density at radius 2 is 1.72 bits per heavy atom. The van der Waals surface area contributed by atoms with Gasteiger partial charge < -0.3 is 9.80 Å². The van der Waals surface area contributed by atoms with Crippen LogP contribution in [-0.4, -0.2) is 36.1 Å². The standard InChI is InChI=1S/C19H18F2N4/c1-13-12-16(14-5-6-15(20)18(21)19(14)23-13)24-8-10-25(11-9-24)17-4-2-3-7-22-17/h2-7,12H,8-11H2,1H3. The average Bonchev–Trinajstić information content (AvgIpc) is 2.65. The van der Waals surface area contributed by atoms with Crippen LogP contribution < -0.4 is 9.80 Å². The van der Waals surface area contributed by atoms with E-state index in [2.05, 4.69) is 19.8 Å². The first kappa shape index (κ1) is 15.7. The van der Waals surface area contributed by atoms with Gasteiger partial charge in [0.25, 0.3) is 0 Å². The van der Waals surface area contributed by atoms with Crippen LogP contribution in [-0.2, 0) is 0 Å². The van der Waals surface area contributed by atoms with Crippen LogP contribution in [0.25, 0.3) is 10.9 Å². The molecule has 2 aromatic heterocycles. The number of hydrogen-bond donors (Lipinski definition) is 0. The Morgan fingerprint density at radius 3 is 2.44 bits per heavy atom. The fourth-order valence-corrected chi connectivity index (χ4v) is 3.32. The predicted octanol–water partition coefficient (Wildman–Crippen LogP) is 3.54. The number of halogens is 2. The molecule has 0 aliphatic carbocycles. The van der Waals surface area contributed by atoms with Crippen LogP contribution in [0, 0.1) is 18.6 Å². The molecule has 4 rings (SSSR count). The molecule has 0 bridgehead atoms. The molecule has 0 unspecified atom stereocenters. The van der Waals surface area contributed by atoms with Crippen molar-refractivity contribution in [2.45, 2.75) is 6.92 Å². The van der Waals surface area contributed by atoms with Crippen LogP contribution in [0.3, 0.4) is 0 Å². The quantitative estimate of drug-likeness (QED) is 0.714. The van der Waals surface area contributed by atoms with E-state index in [1.807, 2.05) is 24.3 Å². The summed E-state index contributed by atoms with van der Waals surface area (Å²) < 4.78 is 27.7. The van der Waals surface area contributed by atoms with Crippen LogP contribution >= 0.6 is 0 Å². The third-order valence-electron chi connectivity index (χ3n) is 4.57. The number of pyridine rings is 2. The van der Waals surface area contributed by atoms with Gasteiger partial charge in [-0.05, 0) is 37.3 Å². The number of fused-ring (bicyclic) bond motifs is 1. The van der Waals surface area contributed by atoms with Crippen LogP contribution in [0.1, 0.15) is 5.69 Å². The van der Waals surface area contributed by atoms with Crippen molar-refractivity contribution in [1.82, 2.24) is 9.97 Å². The van der Waals surface area contributed by atoms with Gasteiger partial charge in [0.05, 0.1) is 0 Å². The molecule has 0 radical (unpaired) electrons. The molecule has 1 saturated heterocycles. The van der Waals surface area contributed by atoms with Gasteiger partial charge in [0.15, 0.2) is 11.6 Å². The molecule has 25 heavy (non-hydrogen) atoms. The SMILES string of the molecule is Cc1cc(N2CCN(c3ccccn3)CC2)c2ccc(F)c(F)c2n1. The average molecular weight is 340 g/mol. The highest BCUT2D eigenvalue weighted by Crippen LogP contribution is 2.30. The van der Waals surface area contributed by atoms with Crippen LogP contribution in [0.15, 0.2) is 42.6 Å². The summed E-state index contributed by atoms with van der Waals surface area (Å²) in [6.45, 7) is 5.02. The van der Waals surface area contributed by atoms with E-state index in [-0.39, 0.29) is 5.52 Å². The Bertz CT molecular complexity index is 906. The van der Waals surface area contributed by atoms with Gasteiger partial charge in [-0.2, -0.15) is 0 Å². The van der Waals surface area contributed by atoms with E-state index < -0.39 is 11.6 Å². The normalized spacial score (nSPS) is 15.0. The molecule has 4 nitrogen and oxygen atoms in total. The van der Waals surface area contributed by atoms with E-state index in [4.69, 9.17) is 0 Å². The number of aryl methyl sites for hydroxylation is 1. The Morgan fingerprint density at radius 1 is 0.960 bits per heavy atom. The van der Waals surface area contributed by atoms with E-state index in [0.717, 1.165) is 37.7 Å². The molecule has 1 aliphatic rings. The maximum atomic E-state index is 14.1. The lowest BCUT2D eigenvalue weighted by Gasteiger charge is -2.37. The van der Waals surface area contributed by atoms with Gasteiger partial charge in [0.1, 0.15) is 11.3 Å². The molecular formula is C19H18F2N4. The Balaban J connectivity index is 1.64. The highest BCUT2D eigenvalue weighted by molar-refractivity contribution is 5.92. The fourth-order valence-electron chi connectivity index (χ4n) is 3.32. The third-order valence-corrected chi connectivity index (χ3v) is 4.57. The number of nitrogens with zero attached hydrogens (tertiary/aromatic N) is 4. The summed E-state index contributed by atoms with van der Waals surface area (Å²) in [6.07, 6.45) is 1.79. The maximum absolute atomic E-state index is 14.1. The van der Waals surface area contributed by atoms with Crippen molar-refractivity contribution < 1.29 is 8.78 Å². The number of piperazine rings is 1. The van der Waals surface area contributed by atoms with Gasteiger partial charge in [-0.25, -0.2) is 18.7 Å². The molecule has 1 aliphatic heterocycles. The van der Waals surface area contributed by atoms with Crippen LogP contribution in [0.5, 0.6) is 0 Å². The number of rotatable bonds is 2. The van der Waals surface area contributed by atoms with E-state index in [0.29, 0.717) is 11.1 Å². The summed E-state index contributed by atoms with van der Waals surface area (Å²) in [4.78, 5) is 13.0. The number of benzene rings is 1. The Kier molecular flexibility index (Phi) is 3.95. The zero-order chi connectivity index (χ0) is 17.4. The number of aromatic nitrogens is 2. The first-order valence-corrected chi connectivity index (χ1v) is 8.30. The summed E-state index contributed by atoms with van der Waals surface area (Å²) in [5, 5.41) is 0.649. The lowest BCUT2D eigenvalue weighted by Crippen LogP contribution is -2.47. The lowest BCUT2D eigenvalue weighted by molar-refractivity contribution is 0.515. The van der Waals surface area contributed by atoms with Crippen molar-refractivity contribution in [2.75, 3.05) is 36.0 Å². The summed E-state index contributed by atoms with van der Waals surface area (Å²) in [5.41, 5.74) is 1.68. The smallest absolute Gasteiger partial charge is 0.185 e. The molecule has 0 atom stereocenters. The van der Waals surface area contributed by atoms with Crippen molar-refractivity contribution in [2.24, 2.45) is 0 Å². The first-order chi connectivity index (χ1) is 12.1. The van der Waals surface area contributed by atoms with Crippen molar-refractivity contribution in [1.29, 1.82) is 0 Å². The highest BCUT2D eigenvalue weighted by atomic mass is 19.2. The van der Waals surface area contributed by atoms with Gasteiger partial charge in [0, 0.05) is 49.1 Å². The highest BCUT2D eigenvalue weighted by Gasteiger charge is 2.21. The molecule has 3 heterocycles. The van der Waals surface area contributed by atoms with Gasteiger partial charge >= 0.3 is 0 Å². The maximum Gasteiger partial charge on any atom is 0.185 e. The molecule has 0 amide bonds. The molecule has 128 valence electrons. The minimum Gasteiger partial charge on any atom is -0.367 e. The first-order valence-electron chi connectivity index (χ1n) is 8.30. The second-order valence-electron chi connectivity index (χ2n) is 6.20. The Hall–Kier alpha value is -2.76. The summed E-state index contributed by atoms with van der Waals surface area (Å²) >= 11 is 0. The summed E-state index contributed by atoms with van der Waals surface area (Å²) in [7, 11) is 0. The minimum atomic E-state index is -0.880. The summed E-state index contributed by atoms with van der Waals surface area (Å²) in [5.74, 6) is -0.780. The molecule has 1 fully saturated rings. The molecule has 3 aromatic rings. The van der Waals surface area contributed by atoms with Crippen molar-refractivity contribution >= 4 is 22.4 Å². The van der Waals surface area contributed by atoms with Gasteiger partial charge in [-0.3, -0.25) is 0 Å². The van der Waals surface area contributed by atoms with E-state index in [1.165, 1.54) is 6.07 Å². The number of anilines is 2. The zero-order valence-corrected chi connectivity index (χ0v) is 13.9. The van der Waals surface area contributed by atoms with E-state index in [1.54, 1.807) is 19.2 Å². The van der Waals surface area contributed by atoms with Crippen molar-refractivity contribution in [3.8, 4) is 0 Å². The fraction of sp³-hybridized carbons (Fsp3) is 0.263. The Labute approximate surface area is 144 Å². The topological polar surface area (TPSA) is 32.3 Å². The molecule has 0 spiro atoms. The molecule has 0 N–H and O–H groups in total. The lowest BCUT2D eigenvalue weighted by atomic mass is 10.1. The minimum absolute atomic E-state index is 0.0992. The number of hydrogen-bond acceptors (Lipinski definition) is 4. The van der Waals surface area contributed by atoms with Gasteiger partial charge in [0.2, 0.25) is 0 Å². The van der Waals surface area contributed by atoms with Crippen molar-refractivity contribution in [3.63, 3.8) is 0 Å². The molecule has 1 aromatic carbocycles. The predicted molar refractivity (Wildman–Crippen MR) is 95.1 cm³/mol.